The molecule has 82 valence electrons. The Kier molecular flexibility index (Phi) is 2.91. The minimum Gasteiger partial charge on any atom is -0.0622 e. The summed E-state index contributed by atoms with van der Waals surface area (Å²) in [6.45, 7) is 9.85. The zero-order chi connectivity index (χ0) is 10.3. The minimum atomic E-state index is 0.983. The Balaban J connectivity index is 2.01. The summed E-state index contributed by atoms with van der Waals surface area (Å²) in [5.74, 6) is 6.09. The van der Waals surface area contributed by atoms with Crippen LogP contribution in [-0.4, -0.2) is 0 Å². The smallest absolute Gasteiger partial charge is 0.0380 e. The van der Waals surface area contributed by atoms with Gasteiger partial charge in [-0.25, -0.2) is 0 Å². The molecule has 2 aliphatic carbocycles. The second-order valence-corrected chi connectivity index (χ2v) is 6.37. The van der Waals surface area contributed by atoms with E-state index in [0.29, 0.717) is 0 Å². The molecule has 2 rings (SSSR count). The highest BCUT2D eigenvalue weighted by molar-refractivity contribution is 4.88. The molecule has 0 spiro atoms. The second-order valence-electron chi connectivity index (χ2n) is 6.37. The standard InChI is InChI=1S/C14H26/c1-9-5-13-7-11(3)12(4)8-14(13)6-10(9)2/h9-14H,5-8H2,1-4H3/t9-,10+,11+,12-,13?,14?. The first-order valence-corrected chi connectivity index (χ1v) is 6.58. The van der Waals surface area contributed by atoms with Gasteiger partial charge in [-0.2, -0.15) is 0 Å². The van der Waals surface area contributed by atoms with Gasteiger partial charge in [0, 0.05) is 0 Å². The zero-order valence-corrected chi connectivity index (χ0v) is 10.3. The maximum atomic E-state index is 2.46. The molecule has 0 saturated heterocycles. The van der Waals surface area contributed by atoms with Crippen LogP contribution in [0.2, 0.25) is 0 Å². The lowest BCUT2D eigenvalue weighted by Crippen LogP contribution is -2.36. The molecule has 6 atom stereocenters. The van der Waals surface area contributed by atoms with Gasteiger partial charge < -0.3 is 0 Å². The quantitative estimate of drug-likeness (QED) is 0.538. The van der Waals surface area contributed by atoms with Gasteiger partial charge in [-0.05, 0) is 61.2 Å². The molecule has 0 aromatic carbocycles. The average Bonchev–Trinajstić information content (AvgIpc) is 2.11. The van der Waals surface area contributed by atoms with Crippen molar-refractivity contribution in [3.8, 4) is 0 Å². The van der Waals surface area contributed by atoms with Crippen LogP contribution in [0.3, 0.4) is 0 Å². The summed E-state index contributed by atoms with van der Waals surface area (Å²) in [6.07, 6.45) is 6.07. The Morgan fingerprint density at radius 1 is 0.500 bits per heavy atom. The molecule has 0 aromatic heterocycles. The minimum absolute atomic E-state index is 0.983. The van der Waals surface area contributed by atoms with Crippen molar-refractivity contribution in [2.24, 2.45) is 35.5 Å². The van der Waals surface area contributed by atoms with Gasteiger partial charge >= 0.3 is 0 Å². The van der Waals surface area contributed by atoms with Gasteiger partial charge in [0.25, 0.3) is 0 Å². The van der Waals surface area contributed by atoms with Crippen molar-refractivity contribution in [1.82, 2.24) is 0 Å². The molecule has 0 radical (unpaired) electrons. The van der Waals surface area contributed by atoms with Crippen LogP contribution in [0, 0.1) is 35.5 Å². The predicted molar refractivity (Wildman–Crippen MR) is 62.1 cm³/mol. The van der Waals surface area contributed by atoms with E-state index in [0.717, 1.165) is 35.5 Å². The first-order chi connectivity index (χ1) is 6.58. The van der Waals surface area contributed by atoms with Gasteiger partial charge in [0.15, 0.2) is 0 Å². The SMILES string of the molecule is C[C@@H]1CC2C[C@H](C)[C@H](C)CC2C[C@@H]1C. The maximum Gasteiger partial charge on any atom is -0.0380 e. The average molecular weight is 194 g/mol. The summed E-state index contributed by atoms with van der Waals surface area (Å²) in [5.41, 5.74) is 0. The first kappa shape index (κ1) is 10.5. The van der Waals surface area contributed by atoms with Crippen LogP contribution in [0.1, 0.15) is 53.4 Å². The number of fused-ring (bicyclic) bond motifs is 1. The van der Waals surface area contributed by atoms with Gasteiger partial charge in [0.1, 0.15) is 0 Å². The monoisotopic (exact) mass is 194 g/mol. The Morgan fingerprint density at radius 2 is 0.714 bits per heavy atom. The van der Waals surface area contributed by atoms with Gasteiger partial charge in [0.2, 0.25) is 0 Å². The Bertz CT molecular complexity index is 154. The molecular formula is C14H26. The Labute approximate surface area is 89.5 Å². The molecule has 0 heteroatoms. The van der Waals surface area contributed by atoms with E-state index in [9.17, 15) is 0 Å². The molecule has 0 bridgehead atoms. The normalized spacial score (nSPS) is 54.0. The van der Waals surface area contributed by atoms with Crippen LogP contribution in [-0.2, 0) is 0 Å². The zero-order valence-electron chi connectivity index (χ0n) is 10.3. The Morgan fingerprint density at radius 3 is 0.929 bits per heavy atom. The molecule has 0 amide bonds. The van der Waals surface area contributed by atoms with Crippen LogP contribution in [0.4, 0.5) is 0 Å². The summed E-state index contributed by atoms with van der Waals surface area (Å²) in [4.78, 5) is 0. The summed E-state index contributed by atoms with van der Waals surface area (Å²) in [7, 11) is 0. The lowest BCUT2D eigenvalue weighted by Gasteiger charge is -2.46. The highest BCUT2D eigenvalue weighted by atomic mass is 14.4. The van der Waals surface area contributed by atoms with Gasteiger partial charge in [-0.1, -0.05) is 27.7 Å². The van der Waals surface area contributed by atoms with E-state index < -0.39 is 0 Å². The fourth-order valence-corrected chi connectivity index (χ4v) is 3.80. The summed E-state index contributed by atoms with van der Waals surface area (Å²) in [5, 5.41) is 0. The van der Waals surface area contributed by atoms with E-state index >= 15 is 0 Å². The van der Waals surface area contributed by atoms with E-state index in [1.54, 1.807) is 0 Å². The van der Waals surface area contributed by atoms with Crippen molar-refractivity contribution < 1.29 is 0 Å². The fraction of sp³-hybridized carbons (Fsp3) is 1.00. The van der Waals surface area contributed by atoms with Crippen LogP contribution in [0.5, 0.6) is 0 Å². The van der Waals surface area contributed by atoms with E-state index in [-0.39, 0.29) is 0 Å². The van der Waals surface area contributed by atoms with Crippen molar-refractivity contribution in [1.29, 1.82) is 0 Å². The van der Waals surface area contributed by atoms with Gasteiger partial charge in [0.05, 0.1) is 0 Å². The summed E-state index contributed by atoms with van der Waals surface area (Å²) >= 11 is 0. The lowest BCUT2D eigenvalue weighted by atomic mass is 9.60. The van der Waals surface area contributed by atoms with Crippen molar-refractivity contribution >= 4 is 0 Å². The summed E-state index contributed by atoms with van der Waals surface area (Å²) < 4.78 is 0. The third-order valence-corrected chi connectivity index (χ3v) is 5.31. The van der Waals surface area contributed by atoms with Crippen molar-refractivity contribution in [3.63, 3.8) is 0 Å². The molecule has 2 unspecified atom stereocenters. The molecule has 14 heavy (non-hydrogen) atoms. The second kappa shape index (κ2) is 3.87. The molecule has 0 aromatic rings. The van der Waals surface area contributed by atoms with Crippen molar-refractivity contribution in [2.45, 2.75) is 53.4 Å². The molecule has 2 aliphatic rings. The van der Waals surface area contributed by atoms with E-state index in [4.69, 9.17) is 0 Å². The van der Waals surface area contributed by atoms with Crippen molar-refractivity contribution in [3.05, 3.63) is 0 Å². The molecule has 2 saturated carbocycles. The molecule has 0 heterocycles. The van der Waals surface area contributed by atoms with E-state index in [2.05, 4.69) is 27.7 Å². The van der Waals surface area contributed by atoms with E-state index in [1.807, 2.05) is 0 Å². The van der Waals surface area contributed by atoms with E-state index in [1.165, 1.54) is 25.7 Å². The first-order valence-electron chi connectivity index (χ1n) is 6.58. The Hall–Kier alpha value is 0. The molecular weight excluding hydrogens is 168 g/mol. The third-order valence-electron chi connectivity index (χ3n) is 5.31. The van der Waals surface area contributed by atoms with Crippen LogP contribution in [0.25, 0.3) is 0 Å². The lowest BCUT2D eigenvalue weighted by molar-refractivity contribution is 0.0458. The highest BCUT2D eigenvalue weighted by Crippen LogP contribution is 2.48. The predicted octanol–water partition coefficient (Wildman–Crippen LogP) is 4.35. The number of hydrogen-bond donors (Lipinski definition) is 0. The number of rotatable bonds is 0. The van der Waals surface area contributed by atoms with Crippen LogP contribution in [0.15, 0.2) is 0 Å². The van der Waals surface area contributed by atoms with Gasteiger partial charge in [-0.15, -0.1) is 0 Å². The van der Waals surface area contributed by atoms with Crippen LogP contribution >= 0.6 is 0 Å². The molecule has 2 fully saturated rings. The fourth-order valence-electron chi connectivity index (χ4n) is 3.80. The molecule has 0 N–H and O–H groups in total. The molecule has 0 aliphatic heterocycles. The van der Waals surface area contributed by atoms with Crippen molar-refractivity contribution in [2.75, 3.05) is 0 Å². The maximum absolute atomic E-state index is 2.46. The highest BCUT2D eigenvalue weighted by Gasteiger charge is 2.38. The number of hydrogen-bond acceptors (Lipinski definition) is 0. The third kappa shape index (κ3) is 1.85. The van der Waals surface area contributed by atoms with Gasteiger partial charge in [-0.3, -0.25) is 0 Å². The largest absolute Gasteiger partial charge is 0.0622 e. The summed E-state index contributed by atoms with van der Waals surface area (Å²) in [6, 6.07) is 0. The molecule has 0 nitrogen and oxygen atoms in total. The topological polar surface area (TPSA) is 0 Å². The van der Waals surface area contributed by atoms with Crippen LogP contribution < -0.4 is 0 Å².